The Balaban J connectivity index is 1.31. The van der Waals surface area contributed by atoms with Gasteiger partial charge in [-0.3, -0.25) is 4.79 Å². The zero-order chi connectivity index (χ0) is 21.5. The second-order valence-corrected chi connectivity index (χ2v) is 9.27. The maximum atomic E-state index is 13.0. The molecule has 5 rings (SSSR count). The third kappa shape index (κ3) is 3.92. The van der Waals surface area contributed by atoms with Crippen LogP contribution < -0.4 is 10.2 Å². The van der Waals surface area contributed by atoms with Gasteiger partial charge in [-0.25, -0.2) is 9.97 Å². The molecule has 3 aromatic rings. The van der Waals surface area contributed by atoms with Gasteiger partial charge >= 0.3 is 0 Å². The number of carbonyl (C=O) groups excluding carboxylic acids is 1. The number of nitrogens with one attached hydrogen (secondary N) is 2. The molecule has 0 radical (unpaired) electrons. The monoisotopic (exact) mass is 458 g/mol. The van der Waals surface area contributed by atoms with Crippen molar-refractivity contribution in [3.63, 3.8) is 0 Å². The van der Waals surface area contributed by atoms with Crippen LogP contribution >= 0.6 is 23.2 Å². The van der Waals surface area contributed by atoms with E-state index >= 15 is 0 Å². The van der Waals surface area contributed by atoms with Crippen molar-refractivity contribution in [2.75, 3.05) is 29.9 Å². The molecule has 3 atom stereocenters. The summed E-state index contributed by atoms with van der Waals surface area (Å²) in [7, 11) is 0. The topological polar surface area (TPSA) is 77.2 Å². The number of amides is 1. The first kappa shape index (κ1) is 20.4. The fourth-order valence-corrected chi connectivity index (χ4v) is 5.58. The number of likely N-dealkylation sites (tertiary alicyclic amines) is 1. The summed E-state index contributed by atoms with van der Waals surface area (Å²) < 4.78 is 0. The van der Waals surface area contributed by atoms with Gasteiger partial charge in [-0.15, -0.1) is 0 Å². The van der Waals surface area contributed by atoms with Crippen molar-refractivity contribution < 1.29 is 4.79 Å². The van der Waals surface area contributed by atoms with Gasteiger partial charge in [-0.1, -0.05) is 23.2 Å². The number of rotatable bonds is 4. The van der Waals surface area contributed by atoms with Crippen LogP contribution in [-0.2, 0) is 4.79 Å². The molecule has 0 saturated carbocycles. The minimum Gasteiger partial charge on any atom is -0.376 e. The predicted octanol–water partition coefficient (Wildman–Crippen LogP) is 4.19. The Kier molecular flexibility index (Phi) is 5.40. The molecule has 9 heteroatoms. The van der Waals surface area contributed by atoms with Crippen molar-refractivity contribution in [2.24, 2.45) is 5.92 Å². The molecule has 2 aromatic heterocycles. The molecule has 1 aromatic carbocycles. The molecule has 2 saturated heterocycles. The van der Waals surface area contributed by atoms with Crippen LogP contribution in [0.3, 0.4) is 0 Å². The van der Waals surface area contributed by atoms with Gasteiger partial charge in [0.2, 0.25) is 5.91 Å². The standard InChI is InChI=1S/C22H24Cl2N6O/c1-13-6-14-3-5-29(20(31)10-26-17-8-15(23)7-16(24)9-17)11-19(14)30(13)22-18-2-4-25-21(18)27-12-28-22/h2,4,7-9,12-14,19,26H,3,5-6,10-11H2,1H3,(H,25,27,28). The molecule has 3 unspecified atom stereocenters. The summed E-state index contributed by atoms with van der Waals surface area (Å²) in [5.41, 5.74) is 1.58. The SMILES string of the molecule is CC1CC2CCN(C(=O)CNc3cc(Cl)cc(Cl)c3)CC2N1c1ncnc2[nH]ccc12. The summed E-state index contributed by atoms with van der Waals surface area (Å²) in [5.74, 6) is 1.58. The highest BCUT2D eigenvalue weighted by Crippen LogP contribution is 2.40. The number of piperidine rings is 1. The largest absolute Gasteiger partial charge is 0.376 e. The summed E-state index contributed by atoms with van der Waals surface area (Å²) in [5, 5.41) is 5.27. The lowest BCUT2D eigenvalue weighted by Gasteiger charge is -2.39. The van der Waals surface area contributed by atoms with Gasteiger partial charge in [0.1, 0.15) is 17.8 Å². The predicted molar refractivity (Wildman–Crippen MR) is 124 cm³/mol. The molecule has 162 valence electrons. The lowest BCUT2D eigenvalue weighted by atomic mass is 9.91. The van der Waals surface area contributed by atoms with Crippen molar-refractivity contribution in [2.45, 2.75) is 31.8 Å². The lowest BCUT2D eigenvalue weighted by Crippen LogP contribution is -2.52. The minimum absolute atomic E-state index is 0.0727. The fourth-order valence-electron chi connectivity index (χ4n) is 5.05. The van der Waals surface area contributed by atoms with Gasteiger partial charge in [0.05, 0.1) is 18.0 Å². The zero-order valence-electron chi connectivity index (χ0n) is 17.2. The number of fused-ring (bicyclic) bond motifs is 2. The number of anilines is 2. The highest BCUT2D eigenvalue weighted by atomic mass is 35.5. The van der Waals surface area contributed by atoms with Gasteiger partial charge in [-0.2, -0.15) is 0 Å². The molecule has 2 aliphatic rings. The molecule has 0 aliphatic carbocycles. The molecule has 2 N–H and O–H groups in total. The second-order valence-electron chi connectivity index (χ2n) is 8.40. The molecule has 2 aliphatic heterocycles. The first-order chi connectivity index (χ1) is 15.0. The molecule has 1 amide bonds. The van der Waals surface area contributed by atoms with Crippen LogP contribution in [0.4, 0.5) is 11.5 Å². The lowest BCUT2D eigenvalue weighted by molar-refractivity contribution is -0.130. The third-order valence-electron chi connectivity index (χ3n) is 6.43. The Labute approximate surface area is 190 Å². The van der Waals surface area contributed by atoms with E-state index in [0.717, 1.165) is 41.9 Å². The quantitative estimate of drug-likeness (QED) is 0.612. The second kappa shape index (κ2) is 8.20. The Hall–Kier alpha value is -2.51. The van der Waals surface area contributed by atoms with Crippen LogP contribution in [0.5, 0.6) is 0 Å². The van der Waals surface area contributed by atoms with Crippen LogP contribution in [-0.4, -0.2) is 57.5 Å². The number of H-pyrrole nitrogens is 1. The van der Waals surface area contributed by atoms with Crippen LogP contribution in [0.15, 0.2) is 36.8 Å². The van der Waals surface area contributed by atoms with E-state index in [1.807, 2.05) is 17.2 Å². The molecule has 2 fully saturated rings. The first-order valence-corrected chi connectivity index (χ1v) is 11.3. The van der Waals surface area contributed by atoms with E-state index in [0.29, 0.717) is 28.5 Å². The molecule has 7 nitrogen and oxygen atoms in total. The van der Waals surface area contributed by atoms with E-state index in [1.165, 1.54) is 0 Å². The van der Waals surface area contributed by atoms with Gasteiger partial charge in [-0.05, 0) is 49.9 Å². The van der Waals surface area contributed by atoms with Crippen molar-refractivity contribution in [3.8, 4) is 0 Å². The van der Waals surface area contributed by atoms with E-state index in [2.05, 4.69) is 32.1 Å². The number of nitrogens with zero attached hydrogens (tertiary/aromatic N) is 4. The van der Waals surface area contributed by atoms with Crippen molar-refractivity contribution >= 4 is 51.6 Å². The van der Waals surface area contributed by atoms with E-state index in [9.17, 15) is 4.79 Å². The summed E-state index contributed by atoms with van der Waals surface area (Å²) in [6, 6.07) is 7.85. The van der Waals surface area contributed by atoms with Crippen molar-refractivity contribution in [1.82, 2.24) is 19.9 Å². The normalized spacial score (nSPS) is 23.3. The van der Waals surface area contributed by atoms with Gasteiger partial charge in [0.15, 0.2) is 0 Å². The number of benzene rings is 1. The molecule has 0 spiro atoms. The number of hydrogen-bond donors (Lipinski definition) is 2. The van der Waals surface area contributed by atoms with E-state index in [4.69, 9.17) is 23.2 Å². The fraction of sp³-hybridized carbons (Fsp3) is 0.409. The molecule has 31 heavy (non-hydrogen) atoms. The minimum atomic E-state index is 0.0727. The first-order valence-electron chi connectivity index (χ1n) is 10.5. The summed E-state index contributed by atoms with van der Waals surface area (Å²) in [6.07, 6.45) is 5.62. The summed E-state index contributed by atoms with van der Waals surface area (Å²) in [6.45, 7) is 3.93. The number of aromatic amines is 1. The number of hydrogen-bond acceptors (Lipinski definition) is 5. The molecular formula is C22H24Cl2N6O. The molecular weight excluding hydrogens is 435 g/mol. The molecule has 4 heterocycles. The van der Waals surface area contributed by atoms with Crippen LogP contribution in [0.25, 0.3) is 11.0 Å². The van der Waals surface area contributed by atoms with Gasteiger partial charge in [0.25, 0.3) is 0 Å². The van der Waals surface area contributed by atoms with Crippen molar-refractivity contribution in [3.05, 3.63) is 46.8 Å². The smallest absolute Gasteiger partial charge is 0.241 e. The third-order valence-corrected chi connectivity index (χ3v) is 6.87. The number of carbonyl (C=O) groups is 1. The van der Waals surface area contributed by atoms with Crippen LogP contribution in [0.1, 0.15) is 19.8 Å². The summed E-state index contributed by atoms with van der Waals surface area (Å²) >= 11 is 12.1. The summed E-state index contributed by atoms with van der Waals surface area (Å²) in [4.78, 5) is 29.4. The van der Waals surface area contributed by atoms with Gasteiger partial charge < -0.3 is 20.1 Å². The average molecular weight is 459 g/mol. The Morgan fingerprint density at radius 2 is 2.06 bits per heavy atom. The highest BCUT2D eigenvalue weighted by Gasteiger charge is 2.44. The zero-order valence-corrected chi connectivity index (χ0v) is 18.7. The Bertz CT molecular complexity index is 1100. The van der Waals surface area contributed by atoms with Crippen LogP contribution in [0, 0.1) is 5.92 Å². The number of halogens is 2. The Morgan fingerprint density at radius 3 is 2.87 bits per heavy atom. The number of aromatic nitrogens is 3. The Morgan fingerprint density at radius 1 is 1.26 bits per heavy atom. The maximum Gasteiger partial charge on any atom is 0.241 e. The molecule has 0 bridgehead atoms. The van der Waals surface area contributed by atoms with Gasteiger partial charge in [0, 0.05) is 41.1 Å². The average Bonchev–Trinajstić information content (AvgIpc) is 3.34. The van der Waals surface area contributed by atoms with E-state index in [-0.39, 0.29) is 18.5 Å². The van der Waals surface area contributed by atoms with Crippen molar-refractivity contribution in [1.29, 1.82) is 0 Å². The van der Waals surface area contributed by atoms with E-state index in [1.54, 1.807) is 24.5 Å². The van der Waals surface area contributed by atoms with E-state index < -0.39 is 0 Å². The van der Waals surface area contributed by atoms with Crippen LogP contribution in [0.2, 0.25) is 10.0 Å². The highest BCUT2D eigenvalue weighted by molar-refractivity contribution is 6.35. The maximum absolute atomic E-state index is 13.0.